The minimum atomic E-state index is -0.496. The molecular weight excluding hydrogens is 354 g/mol. The third-order valence-corrected chi connectivity index (χ3v) is 3.92. The van der Waals surface area contributed by atoms with Crippen molar-refractivity contribution in [2.75, 3.05) is 18.2 Å². The maximum atomic E-state index is 11.9. The average Bonchev–Trinajstić information content (AvgIpc) is 2.54. The summed E-state index contributed by atoms with van der Waals surface area (Å²) in [7, 11) is 1.26. The zero-order valence-electron chi connectivity index (χ0n) is 12.7. The van der Waals surface area contributed by atoms with Crippen LogP contribution >= 0.6 is 23.4 Å². The molecular formula is C15H14ClN3O4S. The molecule has 0 fully saturated rings. The molecule has 126 valence electrons. The van der Waals surface area contributed by atoms with Crippen LogP contribution in [0, 0.1) is 0 Å². The molecule has 7 nitrogen and oxygen atoms in total. The molecule has 0 aliphatic rings. The van der Waals surface area contributed by atoms with E-state index < -0.39 is 11.5 Å². The molecule has 0 spiro atoms. The standard InChI is InChI=1S/C15H14ClN3O4S/c1-23-14(22)7-11-6-12(20)19-15(18-11)24-8-13(21)17-10-4-2-9(16)3-5-10/h2-6H,7-8H2,1H3,(H,17,21)(H,18,19,20). The molecule has 24 heavy (non-hydrogen) atoms. The average molecular weight is 368 g/mol. The smallest absolute Gasteiger partial charge is 0.311 e. The number of anilines is 1. The lowest BCUT2D eigenvalue weighted by Gasteiger charge is -2.06. The molecule has 0 unspecified atom stereocenters. The predicted octanol–water partition coefficient (Wildman–Crippen LogP) is 1.87. The molecule has 0 aliphatic heterocycles. The number of carbonyl (C=O) groups excluding carboxylic acids is 2. The number of hydrogen-bond donors (Lipinski definition) is 2. The van der Waals surface area contributed by atoms with Crippen molar-refractivity contribution in [3.05, 3.63) is 51.4 Å². The lowest BCUT2D eigenvalue weighted by atomic mass is 10.3. The van der Waals surface area contributed by atoms with E-state index in [0.29, 0.717) is 10.7 Å². The van der Waals surface area contributed by atoms with Gasteiger partial charge in [-0.15, -0.1) is 0 Å². The number of esters is 1. The molecule has 0 atom stereocenters. The van der Waals surface area contributed by atoms with Crippen molar-refractivity contribution in [2.45, 2.75) is 11.6 Å². The van der Waals surface area contributed by atoms with E-state index in [2.05, 4.69) is 20.0 Å². The second-order valence-corrected chi connectivity index (χ2v) is 6.04. The van der Waals surface area contributed by atoms with Crippen LogP contribution < -0.4 is 10.9 Å². The van der Waals surface area contributed by atoms with Gasteiger partial charge in [-0.1, -0.05) is 23.4 Å². The van der Waals surface area contributed by atoms with Crippen molar-refractivity contribution < 1.29 is 14.3 Å². The number of H-pyrrole nitrogens is 1. The van der Waals surface area contributed by atoms with Crippen LogP contribution in [0.25, 0.3) is 0 Å². The molecule has 1 aromatic heterocycles. The Morgan fingerprint density at radius 1 is 1.33 bits per heavy atom. The number of thioether (sulfide) groups is 1. The van der Waals surface area contributed by atoms with Gasteiger partial charge in [0.15, 0.2) is 5.16 Å². The molecule has 2 aromatic rings. The summed E-state index contributed by atoms with van der Waals surface area (Å²) in [6.07, 6.45) is -0.106. The van der Waals surface area contributed by atoms with E-state index in [1.54, 1.807) is 24.3 Å². The third-order valence-electron chi connectivity index (χ3n) is 2.79. The normalized spacial score (nSPS) is 10.2. The van der Waals surface area contributed by atoms with Crippen LogP contribution in [-0.4, -0.2) is 34.7 Å². The lowest BCUT2D eigenvalue weighted by Crippen LogP contribution is -2.16. The van der Waals surface area contributed by atoms with Gasteiger partial charge in [0.2, 0.25) is 5.91 Å². The zero-order chi connectivity index (χ0) is 17.5. The Morgan fingerprint density at radius 2 is 2.04 bits per heavy atom. The fraction of sp³-hybridized carbons (Fsp3) is 0.200. The molecule has 1 heterocycles. The summed E-state index contributed by atoms with van der Waals surface area (Å²) >= 11 is 6.83. The third kappa shape index (κ3) is 5.71. The number of methoxy groups -OCH3 is 1. The summed E-state index contributed by atoms with van der Waals surface area (Å²) < 4.78 is 4.54. The van der Waals surface area contributed by atoms with E-state index in [1.165, 1.54) is 13.2 Å². The number of nitrogens with one attached hydrogen (secondary N) is 2. The Balaban J connectivity index is 1.95. The SMILES string of the molecule is COC(=O)Cc1cc(=O)[nH]c(SCC(=O)Nc2ccc(Cl)cc2)n1. The number of aromatic nitrogens is 2. The summed E-state index contributed by atoms with van der Waals surface area (Å²) in [6.45, 7) is 0. The number of nitrogens with zero attached hydrogens (tertiary/aromatic N) is 1. The first-order chi connectivity index (χ1) is 11.5. The molecule has 1 aromatic carbocycles. The summed E-state index contributed by atoms with van der Waals surface area (Å²) in [5.41, 5.74) is 0.501. The molecule has 0 aliphatic carbocycles. The molecule has 9 heteroatoms. The number of halogens is 1. The fourth-order valence-corrected chi connectivity index (χ4v) is 2.55. The van der Waals surface area contributed by atoms with Gasteiger partial charge in [0.1, 0.15) is 0 Å². The van der Waals surface area contributed by atoms with Crippen molar-refractivity contribution in [2.24, 2.45) is 0 Å². The summed E-state index contributed by atoms with van der Waals surface area (Å²) in [4.78, 5) is 41.4. The maximum Gasteiger partial charge on any atom is 0.311 e. The first-order valence-corrected chi connectivity index (χ1v) is 8.18. The van der Waals surface area contributed by atoms with Crippen LogP contribution in [0.1, 0.15) is 5.69 Å². The van der Waals surface area contributed by atoms with Crippen molar-refractivity contribution in [1.82, 2.24) is 9.97 Å². The number of carbonyl (C=O) groups is 2. The molecule has 1 amide bonds. The van der Waals surface area contributed by atoms with Gasteiger partial charge >= 0.3 is 5.97 Å². The summed E-state index contributed by atoms with van der Waals surface area (Å²) in [5, 5.41) is 3.53. The minimum Gasteiger partial charge on any atom is -0.469 e. The monoisotopic (exact) mass is 367 g/mol. The Kier molecular flexibility index (Phi) is 6.39. The Morgan fingerprint density at radius 3 is 2.71 bits per heavy atom. The maximum absolute atomic E-state index is 11.9. The molecule has 2 rings (SSSR count). The summed E-state index contributed by atoms with van der Waals surface area (Å²) in [5.74, 6) is -0.708. The van der Waals surface area contributed by atoms with Gasteiger partial charge in [-0.3, -0.25) is 14.4 Å². The van der Waals surface area contributed by atoms with Crippen LogP contribution in [0.4, 0.5) is 5.69 Å². The molecule has 0 saturated heterocycles. The van der Waals surface area contributed by atoms with E-state index in [1.807, 2.05) is 0 Å². The number of rotatable bonds is 6. The molecule has 0 bridgehead atoms. The highest BCUT2D eigenvalue weighted by molar-refractivity contribution is 7.99. The van der Waals surface area contributed by atoms with E-state index >= 15 is 0 Å². The fourth-order valence-electron chi connectivity index (χ4n) is 1.73. The number of ether oxygens (including phenoxy) is 1. The van der Waals surface area contributed by atoms with Gasteiger partial charge in [0, 0.05) is 16.8 Å². The number of benzene rings is 1. The topological polar surface area (TPSA) is 101 Å². The predicted molar refractivity (Wildman–Crippen MR) is 91.4 cm³/mol. The van der Waals surface area contributed by atoms with Crippen molar-refractivity contribution in [3.63, 3.8) is 0 Å². The number of aromatic amines is 1. The van der Waals surface area contributed by atoms with Gasteiger partial charge in [0.05, 0.1) is 25.0 Å². The van der Waals surface area contributed by atoms with Crippen LogP contribution in [0.5, 0.6) is 0 Å². The second kappa shape index (κ2) is 8.51. The molecule has 2 N–H and O–H groups in total. The van der Waals surface area contributed by atoms with Crippen molar-refractivity contribution >= 4 is 40.9 Å². The van der Waals surface area contributed by atoms with Crippen LogP contribution in [0.2, 0.25) is 5.02 Å². The van der Waals surface area contributed by atoms with Crippen LogP contribution in [0.3, 0.4) is 0 Å². The van der Waals surface area contributed by atoms with E-state index in [0.717, 1.165) is 11.8 Å². The van der Waals surface area contributed by atoms with Crippen LogP contribution in [0.15, 0.2) is 40.3 Å². The second-order valence-electron chi connectivity index (χ2n) is 4.64. The van der Waals surface area contributed by atoms with Gasteiger partial charge in [-0.25, -0.2) is 4.98 Å². The molecule has 0 radical (unpaired) electrons. The Labute approximate surface area is 146 Å². The van der Waals surface area contributed by atoms with Gasteiger partial charge in [-0.05, 0) is 24.3 Å². The first kappa shape index (κ1) is 18.0. The Hall–Kier alpha value is -2.32. The van der Waals surface area contributed by atoms with E-state index in [4.69, 9.17) is 11.6 Å². The van der Waals surface area contributed by atoms with E-state index in [9.17, 15) is 14.4 Å². The van der Waals surface area contributed by atoms with Crippen LogP contribution in [-0.2, 0) is 20.7 Å². The zero-order valence-corrected chi connectivity index (χ0v) is 14.2. The van der Waals surface area contributed by atoms with E-state index in [-0.39, 0.29) is 28.9 Å². The number of hydrogen-bond acceptors (Lipinski definition) is 6. The first-order valence-electron chi connectivity index (χ1n) is 6.81. The number of amides is 1. The minimum absolute atomic E-state index is 0.0489. The van der Waals surface area contributed by atoms with Crippen molar-refractivity contribution in [3.8, 4) is 0 Å². The lowest BCUT2D eigenvalue weighted by molar-refractivity contribution is -0.139. The van der Waals surface area contributed by atoms with Gasteiger partial charge in [0.25, 0.3) is 5.56 Å². The molecule has 0 saturated carbocycles. The van der Waals surface area contributed by atoms with Gasteiger partial charge in [-0.2, -0.15) is 0 Å². The Bertz CT molecular complexity index is 792. The largest absolute Gasteiger partial charge is 0.469 e. The van der Waals surface area contributed by atoms with Gasteiger partial charge < -0.3 is 15.0 Å². The highest BCUT2D eigenvalue weighted by atomic mass is 35.5. The highest BCUT2D eigenvalue weighted by Gasteiger charge is 2.10. The summed E-state index contributed by atoms with van der Waals surface area (Å²) in [6, 6.07) is 7.91. The van der Waals surface area contributed by atoms with Crippen molar-refractivity contribution in [1.29, 1.82) is 0 Å². The quantitative estimate of drug-likeness (QED) is 0.459. The highest BCUT2D eigenvalue weighted by Crippen LogP contribution is 2.15.